The summed E-state index contributed by atoms with van der Waals surface area (Å²) in [6.07, 6.45) is 1.64. The van der Waals surface area contributed by atoms with Gasteiger partial charge < -0.3 is 5.32 Å². The topological polar surface area (TPSA) is 42.0 Å². The van der Waals surface area contributed by atoms with Crippen molar-refractivity contribution in [3.8, 4) is 0 Å². The van der Waals surface area contributed by atoms with Crippen LogP contribution in [0.25, 0.3) is 0 Å². The molecule has 1 N–H and O–H groups in total. The van der Waals surface area contributed by atoms with Crippen LogP contribution in [0.5, 0.6) is 0 Å². The summed E-state index contributed by atoms with van der Waals surface area (Å²) in [5.74, 6) is -2.08. The van der Waals surface area contributed by atoms with Gasteiger partial charge in [0, 0.05) is 30.1 Å². The number of amides is 1. The van der Waals surface area contributed by atoms with E-state index in [4.69, 9.17) is 0 Å². The van der Waals surface area contributed by atoms with Crippen molar-refractivity contribution >= 4 is 5.91 Å². The molecule has 0 saturated carbocycles. The molecule has 0 aliphatic carbocycles. The minimum absolute atomic E-state index is 0.0439. The molecule has 0 atom stereocenters. The van der Waals surface area contributed by atoms with Crippen LogP contribution in [0.3, 0.4) is 0 Å². The lowest BCUT2D eigenvalue weighted by Gasteiger charge is -2.06. The van der Waals surface area contributed by atoms with Crippen LogP contribution in [-0.2, 0) is 6.54 Å². The summed E-state index contributed by atoms with van der Waals surface area (Å²) in [5.41, 5.74) is 1.65. The van der Waals surface area contributed by atoms with Crippen molar-refractivity contribution in [2.45, 2.75) is 13.5 Å². The van der Waals surface area contributed by atoms with E-state index in [-0.39, 0.29) is 12.1 Å². The monoisotopic (exact) mass is 262 g/mol. The molecular weight excluding hydrogens is 250 g/mol. The Kier molecular flexibility index (Phi) is 3.85. The van der Waals surface area contributed by atoms with Crippen molar-refractivity contribution < 1.29 is 13.6 Å². The minimum atomic E-state index is -0.776. The van der Waals surface area contributed by atoms with Gasteiger partial charge in [-0.3, -0.25) is 9.78 Å². The van der Waals surface area contributed by atoms with Gasteiger partial charge in [-0.2, -0.15) is 0 Å². The summed E-state index contributed by atoms with van der Waals surface area (Å²) in [7, 11) is 0. The number of benzene rings is 1. The van der Waals surface area contributed by atoms with Gasteiger partial charge in [-0.25, -0.2) is 8.78 Å². The lowest BCUT2D eigenvalue weighted by molar-refractivity contribution is 0.0950. The molecule has 0 aliphatic rings. The van der Waals surface area contributed by atoms with Crippen molar-refractivity contribution in [3.63, 3.8) is 0 Å². The summed E-state index contributed by atoms with van der Waals surface area (Å²) in [6, 6.07) is 6.36. The fourth-order valence-electron chi connectivity index (χ4n) is 1.57. The van der Waals surface area contributed by atoms with Gasteiger partial charge in [0.1, 0.15) is 11.6 Å². The number of rotatable bonds is 3. The zero-order valence-corrected chi connectivity index (χ0v) is 10.3. The fraction of sp³-hybridized carbons (Fsp3) is 0.143. The molecule has 0 unspecified atom stereocenters. The van der Waals surface area contributed by atoms with Gasteiger partial charge in [-0.15, -0.1) is 0 Å². The molecule has 0 saturated heterocycles. The molecular formula is C14H12F2N2O. The van der Waals surface area contributed by atoms with Crippen LogP contribution in [-0.4, -0.2) is 10.9 Å². The molecule has 3 nitrogen and oxygen atoms in total. The Morgan fingerprint density at radius 1 is 1.21 bits per heavy atom. The van der Waals surface area contributed by atoms with Crippen LogP contribution in [0.15, 0.2) is 36.5 Å². The van der Waals surface area contributed by atoms with Gasteiger partial charge in [0.2, 0.25) is 0 Å². The number of hydrogen-bond donors (Lipinski definition) is 1. The third-order valence-electron chi connectivity index (χ3n) is 2.55. The number of aromatic nitrogens is 1. The lowest BCUT2D eigenvalue weighted by Crippen LogP contribution is -2.23. The number of nitrogens with zero attached hydrogens (tertiary/aromatic N) is 1. The van der Waals surface area contributed by atoms with Gasteiger partial charge in [-0.05, 0) is 30.7 Å². The van der Waals surface area contributed by atoms with E-state index in [1.54, 1.807) is 6.20 Å². The highest BCUT2D eigenvalue weighted by Crippen LogP contribution is 2.08. The van der Waals surface area contributed by atoms with Gasteiger partial charge >= 0.3 is 0 Å². The molecule has 0 bridgehead atoms. The number of nitrogens with one attached hydrogen (secondary N) is 1. The van der Waals surface area contributed by atoms with Crippen molar-refractivity contribution in [2.24, 2.45) is 0 Å². The highest BCUT2D eigenvalue weighted by molar-refractivity contribution is 5.94. The average Bonchev–Trinajstić information content (AvgIpc) is 2.36. The van der Waals surface area contributed by atoms with Gasteiger partial charge in [0.15, 0.2) is 0 Å². The van der Waals surface area contributed by atoms with Crippen molar-refractivity contribution in [2.75, 3.05) is 0 Å². The number of hydrogen-bond acceptors (Lipinski definition) is 2. The maximum absolute atomic E-state index is 13.0. The largest absolute Gasteiger partial charge is 0.348 e. The third kappa shape index (κ3) is 3.58. The third-order valence-corrected chi connectivity index (χ3v) is 2.55. The number of pyridine rings is 1. The number of carbonyl (C=O) groups is 1. The molecule has 1 heterocycles. The van der Waals surface area contributed by atoms with E-state index in [9.17, 15) is 13.6 Å². The minimum Gasteiger partial charge on any atom is -0.348 e. The molecule has 19 heavy (non-hydrogen) atoms. The van der Waals surface area contributed by atoms with E-state index in [1.165, 1.54) is 0 Å². The van der Waals surface area contributed by atoms with Crippen molar-refractivity contribution in [1.82, 2.24) is 10.3 Å². The van der Waals surface area contributed by atoms with Crippen LogP contribution in [0, 0.1) is 18.6 Å². The van der Waals surface area contributed by atoms with Crippen molar-refractivity contribution in [3.05, 3.63) is 65.0 Å². The van der Waals surface area contributed by atoms with E-state index < -0.39 is 17.5 Å². The molecule has 0 radical (unpaired) electrons. The smallest absolute Gasteiger partial charge is 0.251 e. The SMILES string of the molecule is Cc1ccc(CNC(=O)c2cc(F)cc(F)c2)cn1. The Morgan fingerprint density at radius 3 is 2.47 bits per heavy atom. The van der Waals surface area contributed by atoms with Gasteiger partial charge in [-0.1, -0.05) is 6.07 Å². The Balaban J connectivity index is 2.03. The molecule has 1 amide bonds. The zero-order valence-electron chi connectivity index (χ0n) is 10.3. The number of halogens is 2. The predicted octanol–water partition coefficient (Wildman–Crippen LogP) is 2.60. The maximum Gasteiger partial charge on any atom is 0.251 e. The second-order valence-electron chi connectivity index (χ2n) is 4.15. The first-order chi connectivity index (χ1) is 9.04. The number of aryl methyl sites for hydroxylation is 1. The van der Waals surface area contributed by atoms with Crippen LogP contribution >= 0.6 is 0 Å². The molecule has 0 fully saturated rings. The first kappa shape index (κ1) is 13.1. The van der Waals surface area contributed by atoms with E-state index in [2.05, 4.69) is 10.3 Å². The quantitative estimate of drug-likeness (QED) is 0.923. The highest BCUT2D eigenvalue weighted by Gasteiger charge is 2.08. The summed E-state index contributed by atoms with van der Waals surface area (Å²) >= 11 is 0. The Bertz CT molecular complexity index is 577. The van der Waals surface area contributed by atoms with E-state index >= 15 is 0 Å². The Morgan fingerprint density at radius 2 is 1.89 bits per heavy atom. The summed E-state index contributed by atoms with van der Waals surface area (Å²) in [5, 5.41) is 2.58. The second-order valence-corrected chi connectivity index (χ2v) is 4.15. The molecule has 98 valence electrons. The molecule has 5 heteroatoms. The van der Waals surface area contributed by atoms with Gasteiger partial charge in [0.25, 0.3) is 5.91 Å². The molecule has 2 aromatic rings. The van der Waals surface area contributed by atoms with Crippen LogP contribution in [0.1, 0.15) is 21.6 Å². The first-order valence-electron chi connectivity index (χ1n) is 5.70. The van der Waals surface area contributed by atoms with Crippen LogP contribution < -0.4 is 5.32 Å². The summed E-state index contributed by atoms with van der Waals surface area (Å²) in [4.78, 5) is 15.8. The van der Waals surface area contributed by atoms with E-state index in [0.29, 0.717) is 0 Å². The van der Waals surface area contributed by atoms with Crippen molar-refractivity contribution in [1.29, 1.82) is 0 Å². The van der Waals surface area contributed by atoms with Gasteiger partial charge in [0.05, 0.1) is 0 Å². The summed E-state index contributed by atoms with van der Waals surface area (Å²) in [6.45, 7) is 2.11. The van der Waals surface area contributed by atoms with Crippen LogP contribution in [0.4, 0.5) is 8.78 Å². The molecule has 2 rings (SSSR count). The Labute approximate surface area is 109 Å². The fourth-order valence-corrected chi connectivity index (χ4v) is 1.57. The van der Waals surface area contributed by atoms with E-state index in [0.717, 1.165) is 29.5 Å². The van der Waals surface area contributed by atoms with E-state index in [1.807, 2.05) is 19.1 Å². The molecule has 0 aliphatic heterocycles. The zero-order chi connectivity index (χ0) is 13.8. The Hall–Kier alpha value is -2.30. The molecule has 0 spiro atoms. The first-order valence-corrected chi connectivity index (χ1v) is 5.70. The second kappa shape index (κ2) is 5.56. The standard InChI is InChI=1S/C14H12F2N2O/c1-9-2-3-10(7-17-9)8-18-14(19)11-4-12(15)6-13(16)5-11/h2-7H,8H2,1H3,(H,18,19). The summed E-state index contributed by atoms with van der Waals surface area (Å²) < 4.78 is 25.9. The maximum atomic E-state index is 13.0. The number of carbonyl (C=O) groups excluding carboxylic acids is 1. The predicted molar refractivity (Wildman–Crippen MR) is 66.5 cm³/mol. The van der Waals surface area contributed by atoms with Crippen LogP contribution in [0.2, 0.25) is 0 Å². The molecule has 1 aromatic heterocycles. The highest BCUT2D eigenvalue weighted by atomic mass is 19.1. The average molecular weight is 262 g/mol. The molecule has 1 aromatic carbocycles. The lowest BCUT2D eigenvalue weighted by atomic mass is 10.2. The normalized spacial score (nSPS) is 10.3.